The van der Waals surface area contributed by atoms with Crippen molar-refractivity contribution >= 4 is 5.91 Å². The normalized spacial score (nSPS) is 19.5. The van der Waals surface area contributed by atoms with E-state index in [1.807, 2.05) is 48.7 Å². The highest BCUT2D eigenvalue weighted by Gasteiger charge is 2.22. The fourth-order valence-electron chi connectivity index (χ4n) is 3.88. The molecule has 3 heterocycles. The van der Waals surface area contributed by atoms with Gasteiger partial charge < -0.3 is 10.1 Å². The van der Waals surface area contributed by atoms with Crippen molar-refractivity contribution in [1.29, 1.82) is 0 Å². The molecule has 7 heteroatoms. The number of benzene rings is 1. The van der Waals surface area contributed by atoms with Crippen LogP contribution < -0.4 is 5.32 Å². The number of ether oxygens (including phenoxy) is 1. The number of rotatable bonds is 6. The monoisotopic (exact) mass is 405 g/mol. The maximum atomic E-state index is 12.6. The van der Waals surface area contributed by atoms with Crippen molar-refractivity contribution in [1.82, 2.24) is 25.0 Å². The molecule has 0 saturated carbocycles. The number of morpholine rings is 1. The minimum Gasteiger partial charge on any atom is -0.373 e. The van der Waals surface area contributed by atoms with Gasteiger partial charge in [-0.25, -0.2) is 9.67 Å². The van der Waals surface area contributed by atoms with Gasteiger partial charge >= 0.3 is 0 Å². The molecule has 0 aliphatic carbocycles. The lowest BCUT2D eigenvalue weighted by Crippen LogP contribution is -2.44. The van der Waals surface area contributed by atoms with E-state index in [2.05, 4.69) is 34.1 Å². The fraction of sp³-hybridized carbons (Fsp3) is 0.348. The molecular formula is C23H27N5O2. The van der Waals surface area contributed by atoms with E-state index in [4.69, 9.17) is 4.74 Å². The van der Waals surface area contributed by atoms with Crippen LogP contribution in [0, 0.1) is 0 Å². The van der Waals surface area contributed by atoms with Crippen LogP contribution in [0.3, 0.4) is 0 Å². The van der Waals surface area contributed by atoms with Crippen molar-refractivity contribution in [3.8, 4) is 5.82 Å². The molecule has 1 saturated heterocycles. The molecule has 3 aromatic rings. The van der Waals surface area contributed by atoms with Crippen molar-refractivity contribution in [2.45, 2.75) is 39.1 Å². The quantitative estimate of drug-likeness (QED) is 0.683. The van der Waals surface area contributed by atoms with Crippen LogP contribution in [0.4, 0.5) is 0 Å². The zero-order chi connectivity index (χ0) is 20.9. The number of hydrogen-bond donors (Lipinski definition) is 1. The largest absolute Gasteiger partial charge is 0.373 e. The predicted molar refractivity (Wildman–Crippen MR) is 114 cm³/mol. The van der Waals surface area contributed by atoms with Gasteiger partial charge in [-0.15, -0.1) is 0 Å². The van der Waals surface area contributed by atoms with Crippen LogP contribution in [-0.4, -0.2) is 50.9 Å². The van der Waals surface area contributed by atoms with E-state index < -0.39 is 0 Å². The second-order valence-corrected chi connectivity index (χ2v) is 7.77. The number of aromatic nitrogens is 3. The first kappa shape index (κ1) is 20.3. The average molecular weight is 406 g/mol. The minimum absolute atomic E-state index is 0.106. The fourth-order valence-corrected chi connectivity index (χ4v) is 3.88. The highest BCUT2D eigenvalue weighted by Crippen LogP contribution is 2.15. The third kappa shape index (κ3) is 4.93. The Balaban J connectivity index is 1.36. The van der Waals surface area contributed by atoms with E-state index in [1.54, 1.807) is 17.1 Å². The summed E-state index contributed by atoms with van der Waals surface area (Å²) in [6, 6.07) is 13.5. The molecule has 2 atom stereocenters. The van der Waals surface area contributed by atoms with E-state index in [0.29, 0.717) is 17.9 Å². The predicted octanol–water partition coefficient (Wildman–Crippen LogP) is 2.81. The Morgan fingerprint density at radius 1 is 1.10 bits per heavy atom. The number of pyridine rings is 1. The van der Waals surface area contributed by atoms with Gasteiger partial charge in [0.2, 0.25) is 0 Å². The van der Waals surface area contributed by atoms with Gasteiger partial charge in [0, 0.05) is 55.9 Å². The molecule has 1 N–H and O–H groups in total. The maximum absolute atomic E-state index is 12.6. The molecule has 0 spiro atoms. The molecule has 2 aromatic heterocycles. The third-order valence-electron chi connectivity index (χ3n) is 5.15. The lowest BCUT2D eigenvalue weighted by Gasteiger charge is -2.35. The Morgan fingerprint density at radius 2 is 1.87 bits per heavy atom. The summed E-state index contributed by atoms with van der Waals surface area (Å²) >= 11 is 0. The van der Waals surface area contributed by atoms with Crippen molar-refractivity contribution < 1.29 is 9.53 Å². The van der Waals surface area contributed by atoms with Gasteiger partial charge in [-0.3, -0.25) is 9.69 Å². The minimum atomic E-state index is -0.106. The number of nitrogens with one attached hydrogen (secondary N) is 1. The van der Waals surface area contributed by atoms with E-state index in [1.165, 1.54) is 5.56 Å². The first-order valence-corrected chi connectivity index (χ1v) is 10.3. The molecular weight excluding hydrogens is 378 g/mol. The second-order valence-electron chi connectivity index (χ2n) is 7.77. The molecule has 30 heavy (non-hydrogen) atoms. The SMILES string of the molecule is C[C@@H]1CN(Cc2ccc(C(=O)NCc3cccnc3-n3cccn3)cc2)C[C@H](C)O1. The summed E-state index contributed by atoms with van der Waals surface area (Å²) in [6.07, 6.45) is 5.76. The van der Waals surface area contributed by atoms with E-state index in [-0.39, 0.29) is 18.1 Å². The zero-order valence-electron chi connectivity index (χ0n) is 17.4. The van der Waals surface area contributed by atoms with Crippen LogP contribution in [0.1, 0.15) is 35.3 Å². The van der Waals surface area contributed by atoms with Gasteiger partial charge in [-0.1, -0.05) is 18.2 Å². The van der Waals surface area contributed by atoms with Crippen molar-refractivity contribution in [3.05, 3.63) is 77.7 Å². The van der Waals surface area contributed by atoms with Crippen LogP contribution in [0.25, 0.3) is 5.82 Å². The smallest absolute Gasteiger partial charge is 0.251 e. The zero-order valence-corrected chi connectivity index (χ0v) is 17.4. The summed E-state index contributed by atoms with van der Waals surface area (Å²) in [6.45, 7) is 7.31. The molecule has 0 bridgehead atoms. The number of nitrogens with zero attached hydrogens (tertiary/aromatic N) is 4. The molecule has 1 aliphatic heterocycles. The second kappa shape index (κ2) is 9.19. The number of hydrogen-bond acceptors (Lipinski definition) is 5. The Kier molecular flexibility index (Phi) is 6.21. The number of carbonyl (C=O) groups excluding carboxylic acids is 1. The van der Waals surface area contributed by atoms with Gasteiger partial charge in [-0.05, 0) is 43.7 Å². The van der Waals surface area contributed by atoms with E-state index in [9.17, 15) is 4.79 Å². The maximum Gasteiger partial charge on any atom is 0.251 e. The van der Waals surface area contributed by atoms with Crippen LogP contribution in [0.2, 0.25) is 0 Å². The molecule has 7 nitrogen and oxygen atoms in total. The van der Waals surface area contributed by atoms with Crippen molar-refractivity contribution in [3.63, 3.8) is 0 Å². The average Bonchev–Trinajstić information content (AvgIpc) is 3.27. The summed E-state index contributed by atoms with van der Waals surface area (Å²) in [5.74, 6) is 0.609. The van der Waals surface area contributed by atoms with Crippen molar-refractivity contribution in [2.24, 2.45) is 0 Å². The van der Waals surface area contributed by atoms with Crippen LogP contribution in [0.15, 0.2) is 61.1 Å². The molecule has 1 aromatic carbocycles. The Morgan fingerprint density at radius 3 is 2.57 bits per heavy atom. The first-order valence-electron chi connectivity index (χ1n) is 10.3. The first-order chi connectivity index (χ1) is 14.6. The Hall–Kier alpha value is -3.03. The molecule has 156 valence electrons. The van der Waals surface area contributed by atoms with E-state index >= 15 is 0 Å². The molecule has 0 radical (unpaired) electrons. The van der Waals surface area contributed by atoms with Gasteiger partial charge in [0.1, 0.15) is 0 Å². The Labute approximate surface area is 176 Å². The molecule has 1 amide bonds. The Bertz CT molecular complexity index is 962. The summed E-state index contributed by atoms with van der Waals surface area (Å²) in [5, 5.41) is 7.21. The summed E-state index contributed by atoms with van der Waals surface area (Å²) < 4.78 is 7.49. The van der Waals surface area contributed by atoms with E-state index in [0.717, 1.165) is 25.2 Å². The molecule has 1 aliphatic rings. The summed E-state index contributed by atoms with van der Waals surface area (Å²) in [5.41, 5.74) is 2.75. The molecule has 1 fully saturated rings. The molecule has 0 unspecified atom stereocenters. The molecule has 4 rings (SSSR count). The summed E-state index contributed by atoms with van der Waals surface area (Å²) in [7, 11) is 0. The van der Waals surface area contributed by atoms with Crippen molar-refractivity contribution in [2.75, 3.05) is 13.1 Å². The van der Waals surface area contributed by atoms with Crippen LogP contribution in [0.5, 0.6) is 0 Å². The van der Waals surface area contributed by atoms with Gasteiger partial charge in [0.05, 0.1) is 12.2 Å². The van der Waals surface area contributed by atoms with Gasteiger partial charge in [0.25, 0.3) is 5.91 Å². The standard InChI is InChI=1S/C23H27N5O2/c1-17-14-27(15-18(2)30-17)16-19-6-8-20(9-7-19)23(29)25-13-21-5-3-10-24-22(21)28-12-4-11-26-28/h3-12,17-18H,13-16H2,1-2H3,(H,25,29)/t17-,18+. The lowest BCUT2D eigenvalue weighted by molar-refractivity contribution is -0.0704. The topological polar surface area (TPSA) is 72.3 Å². The number of amides is 1. The highest BCUT2D eigenvalue weighted by molar-refractivity contribution is 5.94. The number of carbonyl (C=O) groups is 1. The van der Waals surface area contributed by atoms with Crippen LogP contribution in [-0.2, 0) is 17.8 Å². The van der Waals surface area contributed by atoms with Gasteiger partial charge in [-0.2, -0.15) is 5.10 Å². The van der Waals surface area contributed by atoms with Crippen LogP contribution >= 0.6 is 0 Å². The summed E-state index contributed by atoms with van der Waals surface area (Å²) in [4.78, 5) is 19.4. The third-order valence-corrected chi connectivity index (χ3v) is 5.15. The lowest BCUT2D eigenvalue weighted by atomic mass is 10.1. The highest BCUT2D eigenvalue weighted by atomic mass is 16.5. The van der Waals surface area contributed by atoms with Gasteiger partial charge in [0.15, 0.2) is 5.82 Å².